The Balaban J connectivity index is 1.91. The maximum atomic E-state index is 12.3. The van der Waals surface area contributed by atoms with Crippen molar-refractivity contribution in [2.45, 2.75) is 46.1 Å². The van der Waals surface area contributed by atoms with E-state index in [2.05, 4.69) is 29.2 Å². The number of hydrogen-bond donors (Lipinski definition) is 1. The molecule has 0 aliphatic rings. The van der Waals surface area contributed by atoms with Crippen LogP contribution in [0.1, 0.15) is 39.5 Å². The summed E-state index contributed by atoms with van der Waals surface area (Å²) in [6.07, 6.45) is 4.64. The molecule has 0 saturated carbocycles. The van der Waals surface area contributed by atoms with Gasteiger partial charge in [0.15, 0.2) is 0 Å². The molecule has 7 heteroatoms. The van der Waals surface area contributed by atoms with Gasteiger partial charge in [-0.1, -0.05) is 50.4 Å². The topological polar surface area (TPSA) is 67.2 Å². The highest BCUT2D eigenvalue weighted by Crippen LogP contribution is 2.18. The van der Waals surface area contributed by atoms with Crippen molar-refractivity contribution < 1.29 is 4.79 Å². The van der Waals surface area contributed by atoms with Gasteiger partial charge in [0.2, 0.25) is 5.91 Å². The molecule has 0 unspecified atom stereocenters. The van der Waals surface area contributed by atoms with Crippen molar-refractivity contribution >= 4 is 17.5 Å². The maximum Gasteiger partial charge on any atom is 0.267 e. The molecule has 0 radical (unpaired) electrons. The van der Waals surface area contributed by atoms with Gasteiger partial charge >= 0.3 is 0 Å². The molecule has 0 fully saturated rings. The van der Waals surface area contributed by atoms with Crippen LogP contribution >= 0.6 is 11.6 Å². The van der Waals surface area contributed by atoms with Crippen LogP contribution in [0.25, 0.3) is 11.3 Å². The van der Waals surface area contributed by atoms with Crippen molar-refractivity contribution in [2.75, 3.05) is 26.2 Å². The Morgan fingerprint density at radius 3 is 2.31 bits per heavy atom. The van der Waals surface area contributed by atoms with E-state index in [1.54, 1.807) is 18.2 Å². The molecule has 2 aromatic rings. The molecule has 0 bridgehead atoms. The highest BCUT2D eigenvalue weighted by atomic mass is 35.5. The Bertz CT molecular complexity index is 812. The summed E-state index contributed by atoms with van der Waals surface area (Å²) in [5.74, 6) is -0.209. The first-order valence-corrected chi connectivity index (χ1v) is 10.7. The Hall–Kier alpha value is -2.18. The van der Waals surface area contributed by atoms with Crippen LogP contribution in [-0.2, 0) is 11.3 Å². The molecular weight excluding hydrogens is 388 g/mol. The number of carbonyl (C=O) groups excluding carboxylic acids is 1. The zero-order valence-corrected chi connectivity index (χ0v) is 18.1. The average molecular weight is 419 g/mol. The average Bonchev–Trinajstić information content (AvgIpc) is 2.72. The van der Waals surface area contributed by atoms with E-state index < -0.39 is 0 Å². The Morgan fingerprint density at radius 1 is 1.03 bits per heavy atom. The molecule has 29 heavy (non-hydrogen) atoms. The Kier molecular flexibility index (Phi) is 9.88. The third-order valence-electron chi connectivity index (χ3n) is 4.71. The largest absolute Gasteiger partial charge is 0.353 e. The molecule has 0 saturated heterocycles. The minimum atomic E-state index is -0.301. The number of carbonyl (C=O) groups is 1. The lowest BCUT2D eigenvalue weighted by molar-refractivity contribution is -0.121. The molecule has 6 nitrogen and oxygen atoms in total. The predicted octanol–water partition coefficient (Wildman–Crippen LogP) is 3.58. The zero-order chi connectivity index (χ0) is 21.1. The van der Waals surface area contributed by atoms with Crippen LogP contribution in [-0.4, -0.2) is 46.8 Å². The van der Waals surface area contributed by atoms with Crippen molar-refractivity contribution in [1.82, 2.24) is 20.0 Å². The number of benzene rings is 1. The van der Waals surface area contributed by atoms with E-state index >= 15 is 0 Å². The lowest BCUT2D eigenvalue weighted by Crippen LogP contribution is -2.39. The van der Waals surface area contributed by atoms with Crippen LogP contribution in [0.4, 0.5) is 0 Å². The van der Waals surface area contributed by atoms with Crippen LogP contribution < -0.4 is 10.9 Å². The van der Waals surface area contributed by atoms with Gasteiger partial charge in [0.05, 0.1) is 5.69 Å². The highest BCUT2D eigenvalue weighted by Gasteiger charge is 2.09. The van der Waals surface area contributed by atoms with Crippen LogP contribution in [0.3, 0.4) is 0 Å². The zero-order valence-electron chi connectivity index (χ0n) is 17.4. The maximum absolute atomic E-state index is 12.3. The number of hydrogen-bond acceptors (Lipinski definition) is 4. The second-order valence-electron chi connectivity index (χ2n) is 7.12. The summed E-state index contributed by atoms with van der Waals surface area (Å²) in [5.41, 5.74) is 1.16. The van der Waals surface area contributed by atoms with E-state index in [-0.39, 0.29) is 18.0 Å². The fraction of sp³-hybridized carbons (Fsp3) is 0.500. The molecule has 1 heterocycles. The number of rotatable bonds is 12. The SMILES string of the molecule is CCCCN(CCCC)CCNC(=O)Cn1nc(-c2ccc(Cl)cc2)ccc1=O. The molecular formula is C22H31ClN4O2. The summed E-state index contributed by atoms with van der Waals surface area (Å²) >= 11 is 5.92. The molecule has 0 aliphatic carbocycles. The molecule has 0 spiro atoms. The number of nitrogens with zero attached hydrogens (tertiary/aromatic N) is 3. The number of halogens is 1. The second kappa shape index (κ2) is 12.4. The van der Waals surface area contributed by atoms with E-state index in [0.717, 1.165) is 50.9 Å². The van der Waals surface area contributed by atoms with Gasteiger partial charge < -0.3 is 10.2 Å². The quantitative estimate of drug-likeness (QED) is 0.572. The number of amides is 1. The third kappa shape index (κ3) is 7.99. The third-order valence-corrected chi connectivity index (χ3v) is 4.96. The van der Waals surface area contributed by atoms with E-state index in [9.17, 15) is 9.59 Å². The van der Waals surface area contributed by atoms with Gasteiger partial charge in [0.1, 0.15) is 6.54 Å². The standard InChI is InChI=1S/C22H31ClN4O2/c1-3-5-14-26(15-6-4-2)16-13-24-21(28)17-27-22(29)12-11-20(25-27)18-7-9-19(23)10-8-18/h7-12H,3-6,13-17H2,1-2H3,(H,24,28). The summed E-state index contributed by atoms with van der Waals surface area (Å²) in [6.45, 7) is 7.76. The Labute approximate surface area is 177 Å². The summed E-state index contributed by atoms with van der Waals surface area (Å²) < 4.78 is 1.20. The fourth-order valence-corrected chi connectivity index (χ4v) is 3.11. The van der Waals surface area contributed by atoms with Crippen molar-refractivity contribution in [3.63, 3.8) is 0 Å². The van der Waals surface area contributed by atoms with Crippen molar-refractivity contribution in [3.8, 4) is 11.3 Å². The van der Waals surface area contributed by atoms with Gasteiger partial charge in [0.25, 0.3) is 5.56 Å². The van der Waals surface area contributed by atoms with Crippen molar-refractivity contribution in [3.05, 3.63) is 51.8 Å². The normalized spacial score (nSPS) is 11.0. The summed E-state index contributed by atoms with van der Waals surface area (Å²) in [4.78, 5) is 26.8. The van der Waals surface area contributed by atoms with E-state index in [4.69, 9.17) is 11.6 Å². The van der Waals surface area contributed by atoms with Gasteiger partial charge in [-0.2, -0.15) is 5.10 Å². The smallest absolute Gasteiger partial charge is 0.267 e. The molecule has 1 aromatic heterocycles. The molecule has 158 valence electrons. The summed E-state index contributed by atoms with van der Waals surface area (Å²) in [7, 11) is 0. The summed E-state index contributed by atoms with van der Waals surface area (Å²) in [5, 5.41) is 7.87. The number of nitrogens with one attached hydrogen (secondary N) is 1. The predicted molar refractivity (Wildman–Crippen MR) is 118 cm³/mol. The van der Waals surface area contributed by atoms with Gasteiger partial charge in [-0.05, 0) is 44.1 Å². The van der Waals surface area contributed by atoms with E-state index in [0.29, 0.717) is 17.3 Å². The first-order valence-electron chi connectivity index (χ1n) is 10.4. The minimum absolute atomic E-state index is 0.0931. The van der Waals surface area contributed by atoms with Crippen LogP contribution in [0, 0.1) is 0 Å². The van der Waals surface area contributed by atoms with E-state index in [1.165, 1.54) is 10.7 Å². The van der Waals surface area contributed by atoms with Crippen LogP contribution in [0.5, 0.6) is 0 Å². The highest BCUT2D eigenvalue weighted by molar-refractivity contribution is 6.30. The molecule has 1 aromatic carbocycles. The lowest BCUT2D eigenvalue weighted by atomic mass is 10.1. The Morgan fingerprint density at radius 2 is 1.69 bits per heavy atom. The number of aromatic nitrogens is 2. The molecule has 2 rings (SSSR count). The monoisotopic (exact) mass is 418 g/mol. The first kappa shape index (κ1) is 23.1. The molecule has 1 N–H and O–H groups in total. The van der Waals surface area contributed by atoms with Crippen molar-refractivity contribution in [1.29, 1.82) is 0 Å². The number of unbranched alkanes of at least 4 members (excludes halogenated alkanes) is 2. The van der Waals surface area contributed by atoms with Gasteiger partial charge in [0, 0.05) is 29.7 Å². The van der Waals surface area contributed by atoms with Gasteiger partial charge in [-0.3, -0.25) is 9.59 Å². The summed E-state index contributed by atoms with van der Waals surface area (Å²) in [6, 6.07) is 10.3. The second-order valence-corrected chi connectivity index (χ2v) is 7.56. The van der Waals surface area contributed by atoms with Crippen LogP contribution in [0.2, 0.25) is 5.02 Å². The van der Waals surface area contributed by atoms with E-state index in [1.807, 2.05) is 12.1 Å². The van der Waals surface area contributed by atoms with Crippen molar-refractivity contribution in [2.24, 2.45) is 0 Å². The molecule has 0 atom stereocenters. The fourth-order valence-electron chi connectivity index (χ4n) is 2.98. The first-order chi connectivity index (χ1) is 14.0. The lowest BCUT2D eigenvalue weighted by Gasteiger charge is -2.22. The minimum Gasteiger partial charge on any atom is -0.353 e. The van der Waals surface area contributed by atoms with Crippen LogP contribution in [0.15, 0.2) is 41.2 Å². The van der Waals surface area contributed by atoms with Gasteiger partial charge in [-0.25, -0.2) is 4.68 Å². The molecule has 1 amide bonds. The van der Waals surface area contributed by atoms with Gasteiger partial charge in [-0.15, -0.1) is 0 Å². The molecule has 0 aliphatic heterocycles.